The summed E-state index contributed by atoms with van der Waals surface area (Å²) in [6.45, 7) is 4.57. The molecule has 2 fully saturated rings. The number of nitrogens with two attached hydrogens (primary N) is 5. The van der Waals surface area contributed by atoms with Crippen LogP contribution in [0.15, 0.2) is 30.3 Å². The maximum Gasteiger partial charge on any atom is 0.306 e. The van der Waals surface area contributed by atoms with Crippen molar-refractivity contribution in [1.29, 1.82) is 0 Å². The smallest absolute Gasteiger partial charge is 0.306 e. The molecule has 0 bridgehead atoms. The Bertz CT molecular complexity index is 2470. The van der Waals surface area contributed by atoms with Crippen LogP contribution in [0.5, 0.6) is 0 Å². The SMILES string of the molecule is CC(C)C[C@@H]1NC(=O)[C@@H](Cc2ccccc2)NC(=O)[C@H](CCN)NC(=O)[C@@H](NC(=O)[C@H](CCN)NC(=O)[C@@H](NC(=O)[C@H](CCN)NC(=O)CCC(=O)OC2CCCCC2)C(C)O)CCNC(=O)[C@H]([C@H](C)O)NC(=O)[C@H](CCN)NC(=O)[C@H](CCN)NC1=O. The van der Waals surface area contributed by atoms with Crippen LogP contribution >= 0.6 is 0 Å². The van der Waals surface area contributed by atoms with Gasteiger partial charge in [-0.25, -0.2) is 0 Å². The van der Waals surface area contributed by atoms with Crippen molar-refractivity contribution in [2.75, 3.05) is 39.3 Å². The zero-order chi connectivity index (χ0) is 65.5. The number of aliphatic hydroxyl groups excluding tert-OH is 2. The van der Waals surface area contributed by atoms with Crippen LogP contribution in [0.25, 0.3) is 0 Å². The lowest BCUT2D eigenvalue weighted by molar-refractivity contribution is -0.151. The van der Waals surface area contributed by atoms with Gasteiger partial charge in [-0.15, -0.1) is 0 Å². The molecular formula is C57H96N16O15. The Labute approximate surface area is 512 Å². The lowest BCUT2D eigenvalue weighted by atomic mass is 9.98. The molecule has 1 saturated carbocycles. The molecule has 1 aromatic carbocycles. The minimum atomic E-state index is -1.77. The predicted octanol–water partition coefficient (Wildman–Crippen LogP) is -6.20. The molecule has 2 aliphatic rings. The standard InChI is InChI=1S/C57H96N16O15/c1-31(2)29-42-54(84)67-37(18-24-59)48(78)66-40(21-27-62)53(83)72-46(32(3)74)56(86)63-28-22-41(51(81)65-38(19-25-60)50(80)71-43(55(85)70-42)30-34-11-7-5-8-12-34)68-49(79)39(20-26-61)69-57(87)47(33(4)75)73-52(82)36(17-23-58)64-44(76)15-16-45(77)88-35-13-9-6-10-14-35/h5,7-8,11-12,31-33,35-43,46-47,74-75H,6,9-10,13-30,58-62H2,1-4H3,(H,63,86)(H,64,76)(H,65,81)(H,66,78)(H,67,84)(H,68,79)(H,69,87)(H,70,85)(H,71,80)(H,72,83)(H,73,82)/t32-,33?,36-,37-,38-,39-,40-,41-,42-,43+,46-,47-/m0/s1. The first-order valence-corrected chi connectivity index (χ1v) is 30.3. The van der Waals surface area contributed by atoms with E-state index in [4.69, 9.17) is 33.4 Å². The molecule has 88 heavy (non-hydrogen) atoms. The van der Waals surface area contributed by atoms with Gasteiger partial charge in [-0.2, -0.15) is 0 Å². The number of amides is 11. The molecule has 1 unspecified atom stereocenters. The molecule has 11 amide bonds. The van der Waals surface area contributed by atoms with Gasteiger partial charge >= 0.3 is 5.97 Å². The van der Waals surface area contributed by atoms with Crippen LogP contribution in [0.1, 0.15) is 123 Å². The monoisotopic (exact) mass is 1240 g/mol. The van der Waals surface area contributed by atoms with E-state index in [0.717, 1.165) is 32.1 Å². The van der Waals surface area contributed by atoms with Gasteiger partial charge in [-0.3, -0.25) is 57.5 Å². The Kier molecular flexibility index (Phi) is 33.6. The molecule has 0 spiro atoms. The normalized spacial score (nSPS) is 23.3. The first kappa shape index (κ1) is 74.8. The third kappa shape index (κ3) is 26.1. The first-order chi connectivity index (χ1) is 41.8. The molecule has 1 aromatic rings. The number of hydrogen-bond donors (Lipinski definition) is 18. The molecule has 494 valence electrons. The molecule has 31 heteroatoms. The highest BCUT2D eigenvalue weighted by molar-refractivity contribution is 5.99. The molecule has 31 nitrogen and oxygen atoms in total. The number of esters is 1. The quantitative estimate of drug-likeness (QED) is 0.0365. The third-order valence-electron chi connectivity index (χ3n) is 14.6. The van der Waals surface area contributed by atoms with Crippen LogP contribution in [-0.2, 0) is 68.7 Å². The summed E-state index contributed by atoms with van der Waals surface area (Å²) >= 11 is 0. The van der Waals surface area contributed by atoms with Crippen molar-refractivity contribution in [3.8, 4) is 0 Å². The first-order valence-electron chi connectivity index (χ1n) is 30.3. The maximum absolute atomic E-state index is 14.6. The van der Waals surface area contributed by atoms with Gasteiger partial charge in [0.1, 0.15) is 66.5 Å². The number of aliphatic hydroxyl groups is 2. The molecular weight excluding hydrogens is 1150 g/mol. The minimum Gasteiger partial charge on any atom is -0.462 e. The number of benzene rings is 1. The largest absolute Gasteiger partial charge is 0.462 e. The second-order valence-corrected chi connectivity index (χ2v) is 22.5. The van der Waals surface area contributed by atoms with Gasteiger partial charge in [-0.1, -0.05) is 50.6 Å². The Balaban J connectivity index is 2.03. The van der Waals surface area contributed by atoms with E-state index < -0.39 is 157 Å². The van der Waals surface area contributed by atoms with Crippen molar-refractivity contribution >= 4 is 70.9 Å². The maximum atomic E-state index is 14.6. The van der Waals surface area contributed by atoms with E-state index in [0.29, 0.717) is 5.56 Å². The van der Waals surface area contributed by atoms with Crippen molar-refractivity contribution < 1.29 is 72.5 Å². The highest BCUT2D eigenvalue weighted by Crippen LogP contribution is 2.21. The Morgan fingerprint density at radius 1 is 0.557 bits per heavy atom. The van der Waals surface area contributed by atoms with Gasteiger partial charge in [0.15, 0.2) is 0 Å². The van der Waals surface area contributed by atoms with Crippen molar-refractivity contribution in [2.24, 2.45) is 34.6 Å². The fourth-order valence-electron chi connectivity index (χ4n) is 9.78. The second kappa shape index (κ2) is 39.5. The Morgan fingerprint density at radius 3 is 1.58 bits per heavy atom. The second-order valence-electron chi connectivity index (χ2n) is 22.5. The molecule has 1 aliphatic carbocycles. The average molecular weight is 1250 g/mol. The molecule has 1 saturated heterocycles. The summed E-state index contributed by atoms with van der Waals surface area (Å²) in [5, 5.41) is 49.4. The molecule has 0 radical (unpaired) electrons. The molecule has 23 N–H and O–H groups in total. The zero-order valence-electron chi connectivity index (χ0n) is 50.9. The number of rotatable bonds is 27. The summed E-state index contributed by atoms with van der Waals surface area (Å²) in [5.74, 6) is -11.1. The van der Waals surface area contributed by atoms with Gasteiger partial charge in [0.25, 0.3) is 0 Å². The summed E-state index contributed by atoms with van der Waals surface area (Å²) in [4.78, 5) is 167. The van der Waals surface area contributed by atoms with E-state index in [1.165, 1.54) is 13.8 Å². The lowest BCUT2D eigenvalue weighted by Crippen LogP contribution is -2.62. The van der Waals surface area contributed by atoms with E-state index in [2.05, 4.69) is 58.5 Å². The van der Waals surface area contributed by atoms with Crippen LogP contribution in [0.3, 0.4) is 0 Å². The van der Waals surface area contributed by atoms with Crippen LogP contribution < -0.4 is 87.2 Å². The fraction of sp³-hybridized carbons (Fsp3) is 0.684. The van der Waals surface area contributed by atoms with Crippen LogP contribution in [0, 0.1) is 5.92 Å². The van der Waals surface area contributed by atoms with Crippen molar-refractivity contribution in [2.45, 2.75) is 203 Å². The Morgan fingerprint density at radius 2 is 1.06 bits per heavy atom. The van der Waals surface area contributed by atoms with Gasteiger partial charge < -0.3 is 102 Å². The number of ether oxygens (including phenoxy) is 1. The fourth-order valence-corrected chi connectivity index (χ4v) is 9.78. The zero-order valence-corrected chi connectivity index (χ0v) is 50.9. The molecule has 1 aliphatic heterocycles. The van der Waals surface area contributed by atoms with Gasteiger partial charge in [0, 0.05) is 19.4 Å². The van der Waals surface area contributed by atoms with Crippen molar-refractivity contribution in [3.63, 3.8) is 0 Å². The van der Waals surface area contributed by atoms with Crippen molar-refractivity contribution in [3.05, 3.63) is 35.9 Å². The van der Waals surface area contributed by atoms with Crippen molar-refractivity contribution in [1.82, 2.24) is 58.5 Å². The third-order valence-corrected chi connectivity index (χ3v) is 14.6. The molecule has 0 aromatic heterocycles. The van der Waals surface area contributed by atoms with E-state index in [9.17, 15) is 67.7 Å². The predicted molar refractivity (Wildman–Crippen MR) is 320 cm³/mol. The lowest BCUT2D eigenvalue weighted by Gasteiger charge is -2.29. The van der Waals surface area contributed by atoms with Crippen LogP contribution in [-0.4, -0.2) is 199 Å². The number of nitrogens with one attached hydrogen (secondary N) is 11. The highest BCUT2D eigenvalue weighted by atomic mass is 16.5. The minimum absolute atomic E-state index is 0.0351. The Hall–Kier alpha value is -7.42. The molecule has 12 atom stereocenters. The number of carbonyl (C=O) groups is 12. The van der Waals surface area contributed by atoms with Gasteiger partial charge in [0.05, 0.1) is 18.6 Å². The summed E-state index contributed by atoms with van der Waals surface area (Å²) in [6, 6.07) is -6.66. The van der Waals surface area contributed by atoms with E-state index in [1.54, 1.807) is 44.2 Å². The summed E-state index contributed by atoms with van der Waals surface area (Å²) in [5.41, 5.74) is 29.9. The van der Waals surface area contributed by atoms with E-state index in [1.807, 2.05) is 0 Å². The summed E-state index contributed by atoms with van der Waals surface area (Å²) < 4.78 is 5.48. The van der Waals surface area contributed by atoms with Gasteiger partial charge in [0.2, 0.25) is 65.0 Å². The van der Waals surface area contributed by atoms with E-state index >= 15 is 0 Å². The number of carbonyl (C=O) groups excluding carboxylic acids is 12. The topological polar surface area (TPSA) is 517 Å². The summed E-state index contributed by atoms with van der Waals surface area (Å²) in [6.07, 6.45) is -1.28. The number of hydrogen-bond acceptors (Lipinski definition) is 20. The molecule has 1 heterocycles. The molecule has 3 rings (SSSR count). The average Bonchev–Trinajstić information content (AvgIpc) is 3.55. The van der Waals surface area contributed by atoms with Crippen LogP contribution in [0.2, 0.25) is 0 Å². The highest BCUT2D eigenvalue weighted by Gasteiger charge is 2.38. The van der Waals surface area contributed by atoms with Crippen LogP contribution in [0.4, 0.5) is 0 Å². The van der Waals surface area contributed by atoms with Gasteiger partial charge in [-0.05, 0) is 129 Å². The van der Waals surface area contributed by atoms with E-state index in [-0.39, 0.29) is 103 Å². The summed E-state index contributed by atoms with van der Waals surface area (Å²) in [7, 11) is 0.